The second kappa shape index (κ2) is 6.60. The van der Waals surface area contributed by atoms with Crippen molar-refractivity contribution in [2.75, 3.05) is 32.7 Å². The van der Waals surface area contributed by atoms with Gasteiger partial charge in [0.15, 0.2) is 5.69 Å². The zero-order valence-electron chi connectivity index (χ0n) is 15.1. The molecule has 1 fully saturated rings. The monoisotopic (exact) mass is 357 g/mol. The van der Waals surface area contributed by atoms with Gasteiger partial charge in [-0.1, -0.05) is 0 Å². The van der Waals surface area contributed by atoms with Crippen LogP contribution in [0.15, 0.2) is 10.5 Å². The SMILES string of the molecule is Cc1cc(C(=O)N2CCN(C(=O)c3n[nH]c4c3CNCC4)CC2)c(C)o1. The van der Waals surface area contributed by atoms with E-state index in [0.29, 0.717) is 49.7 Å². The first kappa shape index (κ1) is 16.8. The van der Waals surface area contributed by atoms with Crippen molar-refractivity contribution >= 4 is 11.8 Å². The molecular formula is C18H23N5O3. The van der Waals surface area contributed by atoms with Crippen molar-refractivity contribution < 1.29 is 14.0 Å². The number of nitrogens with one attached hydrogen (secondary N) is 2. The Morgan fingerprint density at radius 1 is 1.12 bits per heavy atom. The summed E-state index contributed by atoms with van der Waals surface area (Å²) < 4.78 is 5.46. The Balaban J connectivity index is 1.42. The largest absolute Gasteiger partial charge is 0.466 e. The van der Waals surface area contributed by atoms with Crippen LogP contribution in [0.5, 0.6) is 0 Å². The zero-order chi connectivity index (χ0) is 18.3. The van der Waals surface area contributed by atoms with Crippen LogP contribution in [0.4, 0.5) is 0 Å². The molecule has 0 radical (unpaired) electrons. The van der Waals surface area contributed by atoms with Crippen LogP contribution < -0.4 is 5.32 Å². The standard InChI is InChI=1S/C18H23N5O3/c1-11-9-13(12(2)26-11)17(24)22-5-7-23(8-6-22)18(25)16-14-10-19-4-3-15(14)20-21-16/h9,19H,3-8,10H2,1-2H3,(H,20,21). The molecule has 0 aromatic carbocycles. The van der Waals surface area contributed by atoms with E-state index in [9.17, 15) is 9.59 Å². The number of nitrogens with zero attached hydrogens (tertiary/aromatic N) is 3. The third kappa shape index (κ3) is 2.90. The molecule has 0 atom stereocenters. The Morgan fingerprint density at radius 3 is 2.46 bits per heavy atom. The molecule has 8 heteroatoms. The maximum Gasteiger partial charge on any atom is 0.274 e. The van der Waals surface area contributed by atoms with Gasteiger partial charge in [-0.05, 0) is 19.9 Å². The van der Waals surface area contributed by atoms with Gasteiger partial charge < -0.3 is 19.5 Å². The lowest BCUT2D eigenvalue weighted by atomic mass is 10.1. The minimum atomic E-state index is -0.0614. The number of hydrogen-bond acceptors (Lipinski definition) is 5. The van der Waals surface area contributed by atoms with Crippen molar-refractivity contribution in [3.05, 3.63) is 40.1 Å². The summed E-state index contributed by atoms with van der Waals surface area (Å²) in [5.74, 6) is 1.28. The number of amides is 2. The van der Waals surface area contributed by atoms with Crippen molar-refractivity contribution in [3.8, 4) is 0 Å². The predicted octanol–water partition coefficient (Wildman–Crippen LogP) is 0.863. The molecule has 8 nitrogen and oxygen atoms in total. The lowest BCUT2D eigenvalue weighted by Crippen LogP contribution is -2.51. The van der Waals surface area contributed by atoms with Gasteiger partial charge in [0.05, 0.1) is 5.56 Å². The Kier molecular flexibility index (Phi) is 4.28. The van der Waals surface area contributed by atoms with E-state index in [4.69, 9.17) is 4.42 Å². The van der Waals surface area contributed by atoms with E-state index in [2.05, 4.69) is 15.5 Å². The summed E-state index contributed by atoms with van der Waals surface area (Å²) in [4.78, 5) is 29.1. The number of piperazine rings is 1. The molecule has 2 aliphatic rings. The number of hydrogen-bond donors (Lipinski definition) is 2. The first-order valence-corrected chi connectivity index (χ1v) is 8.97. The molecule has 4 rings (SSSR count). The van der Waals surface area contributed by atoms with Crippen LogP contribution in [-0.4, -0.2) is 64.5 Å². The van der Waals surface area contributed by atoms with Crippen molar-refractivity contribution in [1.82, 2.24) is 25.3 Å². The Bertz CT molecular complexity index is 845. The highest BCUT2D eigenvalue weighted by Gasteiger charge is 2.30. The van der Waals surface area contributed by atoms with Crippen LogP contribution in [0.2, 0.25) is 0 Å². The molecule has 2 N–H and O–H groups in total. The number of carbonyl (C=O) groups excluding carboxylic acids is 2. The summed E-state index contributed by atoms with van der Waals surface area (Å²) in [6, 6.07) is 1.78. The number of furan rings is 1. The van der Waals surface area contributed by atoms with Crippen LogP contribution >= 0.6 is 0 Å². The maximum atomic E-state index is 12.8. The van der Waals surface area contributed by atoms with Crippen LogP contribution in [0.3, 0.4) is 0 Å². The molecule has 0 saturated carbocycles. The average Bonchev–Trinajstić information content (AvgIpc) is 3.23. The third-order valence-electron chi connectivity index (χ3n) is 5.13. The number of aromatic nitrogens is 2. The lowest BCUT2D eigenvalue weighted by molar-refractivity contribution is 0.0530. The molecule has 0 unspecified atom stereocenters. The molecular weight excluding hydrogens is 334 g/mol. The first-order valence-electron chi connectivity index (χ1n) is 8.97. The number of rotatable bonds is 2. The van der Waals surface area contributed by atoms with E-state index < -0.39 is 0 Å². The van der Waals surface area contributed by atoms with E-state index in [0.717, 1.165) is 30.0 Å². The smallest absolute Gasteiger partial charge is 0.274 e. The minimum absolute atomic E-state index is 0.0344. The van der Waals surface area contributed by atoms with Gasteiger partial charge in [0.25, 0.3) is 11.8 Å². The second-order valence-corrected chi connectivity index (χ2v) is 6.87. The van der Waals surface area contributed by atoms with Gasteiger partial charge in [0.1, 0.15) is 11.5 Å². The molecule has 138 valence electrons. The molecule has 1 saturated heterocycles. The fourth-order valence-electron chi connectivity index (χ4n) is 3.68. The highest BCUT2D eigenvalue weighted by Crippen LogP contribution is 2.20. The lowest BCUT2D eigenvalue weighted by Gasteiger charge is -2.34. The summed E-state index contributed by atoms with van der Waals surface area (Å²) in [6.07, 6.45) is 0.862. The summed E-state index contributed by atoms with van der Waals surface area (Å²) >= 11 is 0. The van der Waals surface area contributed by atoms with Crippen LogP contribution in [0.25, 0.3) is 0 Å². The summed E-state index contributed by atoms with van der Waals surface area (Å²) in [6.45, 7) is 7.25. The fraction of sp³-hybridized carbons (Fsp3) is 0.500. The zero-order valence-corrected chi connectivity index (χ0v) is 15.1. The Morgan fingerprint density at radius 2 is 1.81 bits per heavy atom. The van der Waals surface area contributed by atoms with Gasteiger partial charge in [-0.15, -0.1) is 0 Å². The van der Waals surface area contributed by atoms with Crippen molar-refractivity contribution in [2.24, 2.45) is 0 Å². The topological polar surface area (TPSA) is 94.5 Å². The van der Waals surface area contributed by atoms with E-state index in [-0.39, 0.29) is 11.8 Å². The molecule has 2 aromatic heterocycles. The molecule has 0 aliphatic carbocycles. The van der Waals surface area contributed by atoms with E-state index in [1.807, 2.05) is 6.92 Å². The molecule has 2 amide bonds. The van der Waals surface area contributed by atoms with Gasteiger partial charge in [0.2, 0.25) is 0 Å². The van der Waals surface area contributed by atoms with Crippen LogP contribution in [0, 0.1) is 13.8 Å². The van der Waals surface area contributed by atoms with Gasteiger partial charge in [-0.25, -0.2) is 0 Å². The second-order valence-electron chi connectivity index (χ2n) is 6.87. The molecule has 2 aliphatic heterocycles. The van der Waals surface area contributed by atoms with Gasteiger partial charge in [-0.3, -0.25) is 14.7 Å². The third-order valence-corrected chi connectivity index (χ3v) is 5.13. The van der Waals surface area contributed by atoms with Crippen molar-refractivity contribution in [1.29, 1.82) is 0 Å². The number of aryl methyl sites for hydroxylation is 2. The summed E-state index contributed by atoms with van der Waals surface area (Å²) in [7, 11) is 0. The van der Waals surface area contributed by atoms with E-state index in [1.54, 1.807) is 22.8 Å². The normalized spacial score (nSPS) is 17.3. The van der Waals surface area contributed by atoms with Gasteiger partial charge >= 0.3 is 0 Å². The molecule has 2 aromatic rings. The maximum absolute atomic E-state index is 12.8. The number of carbonyl (C=O) groups is 2. The average molecular weight is 357 g/mol. The predicted molar refractivity (Wildman–Crippen MR) is 94.0 cm³/mol. The molecule has 4 heterocycles. The highest BCUT2D eigenvalue weighted by molar-refractivity contribution is 5.96. The Labute approximate surface area is 151 Å². The quantitative estimate of drug-likeness (QED) is 0.831. The van der Waals surface area contributed by atoms with Gasteiger partial charge in [0, 0.05) is 56.9 Å². The molecule has 0 spiro atoms. The van der Waals surface area contributed by atoms with E-state index >= 15 is 0 Å². The number of H-pyrrole nitrogens is 1. The van der Waals surface area contributed by atoms with E-state index in [1.165, 1.54) is 0 Å². The highest BCUT2D eigenvalue weighted by atomic mass is 16.3. The number of fused-ring (bicyclic) bond motifs is 1. The minimum Gasteiger partial charge on any atom is -0.466 e. The molecule has 26 heavy (non-hydrogen) atoms. The summed E-state index contributed by atoms with van der Waals surface area (Å²) in [5, 5.41) is 10.5. The number of aromatic amines is 1. The van der Waals surface area contributed by atoms with Crippen molar-refractivity contribution in [3.63, 3.8) is 0 Å². The van der Waals surface area contributed by atoms with Crippen molar-refractivity contribution in [2.45, 2.75) is 26.8 Å². The van der Waals surface area contributed by atoms with Gasteiger partial charge in [-0.2, -0.15) is 5.10 Å². The Hall–Kier alpha value is -2.61. The first-order chi connectivity index (χ1) is 12.5. The summed E-state index contributed by atoms with van der Waals surface area (Å²) in [5.41, 5.74) is 3.14. The van der Waals surface area contributed by atoms with Crippen LogP contribution in [-0.2, 0) is 13.0 Å². The fourth-order valence-corrected chi connectivity index (χ4v) is 3.68. The van der Waals surface area contributed by atoms with Crippen LogP contribution in [0.1, 0.15) is 43.6 Å². The molecule has 0 bridgehead atoms.